The van der Waals surface area contributed by atoms with E-state index in [4.69, 9.17) is 32.7 Å². The summed E-state index contributed by atoms with van der Waals surface area (Å²) in [6, 6.07) is 4.83. The highest BCUT2D eigenvalue weighted by molar-refractivity contribution is 6.20. The van der Waals surface area contributed by atoms with Crippen LogP contribution in [0, 0.1) is 0 Å². The van der Waals surface area contributed by atoms with Crippen molar-refractivity contribution in [2.45, 2.75) is 25.9 Å². The van der Waals surface area contributed by atoms with Gasteiger partial charge in [-0.3, -0.25) is 9.80 Å². The van der Waals surface area contributed by atoms with Crippen LogP contribution in [0.1, 0.15) is 37.1 Å². The van der Waals surface area contributed by atoms with Crippen molar-refractivity contribution in [2.24, 2.45) is 0 Å². The Balaban J connectivity index is 2.14. The molecule has 0 saturated carbocycles. The molecule has 38 heavy (non-hydrogen) atoms. The molecule has 0 radical (unpaired) electrons. The second kappa shape index (κ2) is 12.1. The van der Waals surface area contributed by atoms with Crippen LogP contribution in [-0.4, -0.2) is 96.8 Å². The SMILES string of the molecule is CCOC(=O)C1=C(CCl)N(C)C(=O)N(C)C1c1ccc(C2C(C(=O)OCC)=C(CCl)N(C)C(=O)N2C)cc1. The topological polar surface area (TPSA) is 99.7 Å². The summed E-state index contributed by atoms with van der Waals surface area (Å²) >= 11 is 12.3. The zero-order chi connectivity index (χ0) is 28.3. The van der Waals surface area contributed by atoms with Crippen LogP contribution in [0.25, 0.3) is 0 Å². The average Bonchev–Trinajstić information content (AvgIpc) is 2.90. The maximum atomic E-state index is 13.0. The third kappa shape index (κ3) is 5.07. The number of amides is 4. The number of alkyl halides is 2. The van der Waals surface area contributed by atoms with E-state index in [2.05, 4.69) is 0 Å². The highest BCUT2D eigenvalue weighted by Gasteiger charge is 2.42. The molecule has 4 amide bonds. The number of carbonyl (C=O) groups is 4. The van der Waals surface area contributed by atoms with E-state index in [1.54, 1.807) is 66.3 Å². The molecule has 0 N–H and O–H groups in total. The van der Waals surface area contributed by atoms with E-state index in [-0.39, 0.29) is 48.2 Å². The van der Waals surface area contributed by atoms with Crippen molar-refractivity contribution in [3.8, 4) is 0 Å². The third-order valence-electron chi connectivity index (χ3n) is 6.74. The van der Waals surface area contributed by atoms with Gasteiger partial charge < -0.3 is 19.3 Å². The van der Waals surface area contributed by atoms with Gasteiger partial charge in [-0.15, -0.1) is 23.2 Å². The summed E-state index contributed by atoms with van der Waals surface area (Å²) in [5.74, 6) is -1.25. The summed E-state index contributed by atoms with van der Waals surface area (Å²) in [7, 11) is 6.30. The molecule has 3 rings (SSSR count). The van der Waals surface area contributed by atoms with Crippen LogP contribution in [-0.2, 0) is 19.1 Å². The lowest BCUT2D eigenvalue weighted by Crippen LogP contribution is -2.48. The molecule has 2 atom stereocenters. The minimum atomic E-state index is -0.754. The largest absolute Gasteiger partial charge is 0.463 e. The molecule has 10 nitrogen and oxygen atoms in total. The molecule has 2 heterocycles. The number of rotatable bonds is 8. The maximum absolute atomic E-state index is 13.0. The molecule has 12 heteroatoms. The van der Waals surface area contributed by atoms with Crippen LogP contribution in [0.15, 0.2) is 46.8 Å². The third-order valence-corrected chi connectivity index (χ3v) is 7.25. The van der Waals surface area contributed by atoms with Crippen LogP contribution in [0.5, 0.6) is 0 Å². The van der Waals surface area contributed by atoms with Crippen LogP contribution < -0.4 is 0 Å². The van der Waals surface area contributed by atoms with E-state index >= 15 is 0 Å². The van der Waals surface area contributed by atoms with Gasteiger partial charge in [-0.1, -0.05) is 24.3 Å². The van der Waals surface area contributed by atoms with Crippen molar-refractivity contribution in [3.63, 3.8) is 0 Å². The molecule has 0 saturated heterocycles. The van der Waals surface area contributed by atoms with E-state index < -0.39 is 24.0 Å². The highest BCUT2D eigenvalue weighted by Crippen LogP contribution is 2.40. The summed E-state index contributed by atoms with van der Waals surface area (Å²) in [4.78, 5) is 57.5. The number of hydrogen-bond donors (Lipinski definition) is 0. The fourth-order valence-electron chi connectivity index (χ4n) is 4.83. The number of nitrogens with zero attached hydrogens (tertiary/aromatic N) is 4. The summed E-state index contributed by atoms with van der Waals surface area (Å²) in [6.07, 6.45) is 0. The first-order valence-electron chi connectivity index (χ1n) is 12.1. The van der Waals surface area contributed by atoms with Crippen molar-refractivity contribution in [3.05, 3.63) is 57.9 Å². The molecule has 1 aromatic carbocycles. The number of urea groups is 2. The van der Waals surface area contributed by atoms with Gasteiger partial charge in [-0.05, 0) is 25.0 Å². The molecule has 2 aliphatic rings. The molecular weight excluding hydrogens is 535 g/mol. The first-order valence-corrected chi connectivity index (χ1v) is 13.1. The molecule has 0 bridgehead atoms. The summed E-state index contributed by atoms with van der Waals surface area (Å²) in [6.45, 7) is 3.72. The molecule has 2 unspecified atom stereocenters. The number of allylic oxidation sites excluding steroid dienone is 2. The lowest BCUT2D eigenvalue weighted by molar-refractivity contribution is -0.140. The molecular formula is C26H32Cl2N4O6. The van der Waals surface area contributed by atoms with Crippen LogP contribution >= 0.6 is 23.2 Å². The predicted molar refractivity (Wildman–Crippen MR) is 143 cm³/mol. The molecule has 0 aromatic heterocycles. The lowest BCUT2D eigenvalue weighted by Gasteiger charge is -2.41. The second-order valence-corrected chi connectivity index (χ2v) is 9.34. The first-order chi connectivity index (χ1) is 18.0. The minimum Gasteiger partial charge on any atom is -0.463 e. The van der Waals surface area contributed by atoms with Gasteiger partial charge in [0.25, 0.3) is 0 Å². The van der Waals surface area contributed by atoms with Gasteiger partial charge in [-0.25, -0.2) is 19.2 Å². The summed E-state index contributed by atoms with van der Waals surface area (Å²) in [5, 5.41) is 0. The van der Waals surface area contributed by atoms with Crippen molar-refractivity contribution in [1.82, 2.24) is 19.6 Å². The zero-order valence-corrected chi connectivity index (χ0v) is 23.8. The Labute approximate surface area is 232 Å². The summed E-state index contributed by atoms with van der Waals surface area (Å²) in [5.41, 5.74) is 2.52. The van der Waals surface area contributed by atoms with Gasteiger partial charge in [0.1, 0.15) is 0 Å². The van der Waals surface area contributed by atoms with E-state index in [9.17, 15) is 19.2 Å². The normalized spacial score (nSPS) is 20.4. The quantitative estimate of drug-likeness (QED) is 0.349. The molecule has 0 aliphatic carbocycles. The number of carbonyl (C=O) groups excluding carboxylic acids is 4. The number of esters is 2. The Kier molecular flexibility index (Phi) is 9.32. The number of hydrogen-bond acceptors (Lipinski definition) is 6. The number of likely N-dealkylation sites (N-methyl/N-ethyl adjacent to an activating group) is 2. The van der Waals surface area contributed by atoms with Gasteiger partial charge in [0.2, 0.25) is 0 Å². The Hall–Kier alpha value is -3.24. The Bertz CT molecular complexity index is 1090. The van der Waals surface area contributed by atoms with Gasteiger partial charge >= 0.3 is 24.0 Å². The van der Waals surface area contributed by atoms with Crippen molar-refractivity contribution in [1.29, 1.82) is 0 Å². The van der Waals surface area contributed by atoms with Crippen LogP contribution in [0.2, 0.25) is 0 Å². The fraction of sp³-hybridized carbons (Fsp3) is 0.462. The molecule has 206 valence electrons. The number of halogens is 2. The van der Waals surface area contributed by atoms with E-state index in [0.29, 0.717) is 22.5 Å². The Morgan fingerprint density at radius 3 is 1.29 bits per heavy atom. The lowest BCUT2D eigenvalue weighted by atomic mass is 9.89. The second-order valence-electron chi connectivity index (χ2n) is 8.81. The average molecular weight is 567 g/mol. The smallest absolute Gasteiger partial charge is 0.338 e. The van der Waals surface area contributed by atoms with E-state index in [1.807, 2.05) is 0 Å². The molecule has 1 aromatic rings. The van der Waals surface area contributed by atoms with Crippen molar-refractivity contribution in [2.75, 3.05) is 53.2 Å². The molecule has 0 fully saturated rings. The Morgan fingerprint density at radius 1 is 0.711 bits per heavy atom. The predicted octanol–water partition coefficient (Wildman–Crippen LogP) is 3.88. The highest BCUT2D eigenvalue weighted by atomic mass is 35.5. The Morgan fingerprint density at radius 2 is 1.03 bits per heavy atom. The van der Waals surface area contributed by atoms with Crippen molar-refractivity contribution < 1.29 is 28.7 Å². The number of benzene rings is 1. The van der Waals surface area contributed by atoms with Crippen LogP contribution in [0.4, 0.5) is 9.59 Å². The minimum absolute atomic E-state index is 0.0593. The number of ether oxygens (including phenoxy) is 2. The maximum Gasteiger partial charge on any atom is 0.338 e. The van der Waals surface area contributed by atoms with Gasteiger partial charge in [0, 0.05) is 39.6 Å². The summed E-state index contributed by atoms with van der Waals surface area (Å²) < 4.78 is 10.6. The van der Waals surface area contributed by atoms with E-state index in [0.717, 1.165) is 0 Å². The van der Waals surface area contributed by atoms with Gasteiger partial charge in [-0.2, -0.15) is 0 Å². The first kappa shape index (κ1) is 29.3. The monoisotopic (exact) mass is 566 g/mol. The molecule has 0 spiro atoms. The van der Waals surface area contributed by atoms with Gasteiger partial charge in [0.05, 0.1) is 48.2 Å². The van der Waals surface area contributed by atoms with Gasteiger partial charge in [0.15, 0.2) is 0 Å². The molecule has 2 aliphatic heterocycles. The van der Waals surface area contributed by atoms with E-state index in [1.165, 1.54) is 19.6 Å². The van der Waals surface area contributed by atoms with Crippen molar-refractivity contribution >= 4 is 47.2 Å². The fourth-order valence-corrected chi connectivity index (χ4v) is 5.48. The zero-order valence-electron chi connectivity index (χ0n) is 22.3. The van der Waals surface area contributed by atoms with Crippen LogP contribution in [0.3, 0.4) is 0 Å². The standard InChI is InChI=1S/C26H32Cl2N4O6/c1-7-37-23(33)19-17(13-27)29(3)25(35)31(5)21(19)15-9-11-16(12-10-15)22-20(24(34)38-8-2)18(14-28)30(4)26(36)32(22)6/h9-12,21-22H,7-8,13-14H2,1-6H3.